The van der Waals surface area contributed by atoms with Gasteiger partial charge in [-0.1, -0.05) is 0 Å². The van der Waals surface area contributed by atoms with Crippen LogP contribution in [0.25, 0.3) is 0 Å². The summed E-state index contributed by atoms with van der Waals surface area (Å²) in [5.74, 6) is 0.168. The van der Waals surface area contributed by atoms with Crippen LogP contribution in [0, 0.1) is 0 Å². The van der Waals surface area contributed by atoms with Crippen molar-refractivity contribution in [3.63, 3.8) is 0 Å². The van der Waals surface area contributed by atoms with Gasteiger partial charge in [-0.15, -0.1) is 0 Å². The minimum Gasteiger partial charge on any atom is -0.376 e. The molecule has 4 nitrogen and oxygen atoms in total. The Morgan fingerprint density at radius 3 is 2.71 bits per heavy atom. The van der Waals surface area contributed by atoms with Crippen molar-refractivity contribution in [3.8, 4) is 0 Å². The lowest BCUT2D eigenvalue weighted by Crippen LogP contribution is -2.50. The minimum atomic E-state index is -0.210. The van der Waals surface area contributed by atoms with Crippen LogP contribution in [0.2, 0.25) is 0 Å². The summed E-state index contributed by atoms with van der Waals surface area (Å²) in [5, 5.41) is 0. The molecule has 2 fully saturated rings. The van der Waals surface area contributed by atoms with E-state index in [-0.39, 0.29) is 17.6 Å². The summed E-state index contributed by atoms with van der Waals surface area (Å²) in [6.45, 7) is 1.56. The number of carbonyl (C=O) groups excluding carboxylic acids is 1. The van der Waals surface area contributed by atoms with Crippen molar-refractivity contribution >= 4 is 5.91 Å². The predicted octanol–water partition coefficient (Wildman–Crippen LogP) is 1.29. The quantitative estimate of drug-likeness (QED) is 0.805. The molecule has 0 aromatic heterocycles. The van der Waals surface area contributed by atoms with Crippen molar-refractivity contribution in [2.24, 2.45) is 5.73 Å². The summed E-state index contributed by atoms with van der Waals surface area (Å²) in [6.07, 6.45) is 7.32. The molecule has 1 heterocycles. The zero-order chi connectivity index (χ0) is 12.3. The number of hydrogen-bond acceptors (Lipinski definition) is 3. The number of nitrogens with zero attached hydrogens (tertiary/aromatic N) is 1. The molecule has 98 valence electrons. The lowest BCUT2D eigenvalue weighted by molar-refractivity contribution is -0.134. The average Bonchev–Trinajstić information content (AvgIpc) is 2.28. The van der Waals surface area contributed by atoms with Gasteiger partial charge in [0.2, 0.25) is 5.91 Å². The largest absolute Gasteiger partial charge is 0.376 e. The molecule has 1 atom stereocenters. The van der Waals surface area contributed by atoms with E-state index in [2.05, 4.69) is 0 Å². The zero-order valence-electron chi connectivity index (χ0n) is 10.8. The molecule has 2 aliphatic rings. The van der Waals surface area contributed by atoms with E-state index >= 15 is 0 Å². The van der Waals surface area contributed by atoms with Crippen molar-refractivity contribution in [2.75, 3.05) is 20.2 Å². The van der Waals surface area contributed by atoms with Gasteiger partial charge in [-0.2, -0.15) is 0 Å². The van der Waals surface area contributed by atoms with Gasteiger partial charge in [-0.3, -0.25) is 4.79 Å². The lowest BCUT2D eigenvalue weighted by Gasteiger charge is -2.39. The van der Waals surface area contributed by atoms with Crippen molar-refractivity contribution < 1.29 is 9.53 Å². The Bertz CT molecular complexity index is 271. The Kier molecular flexibility index (Phi) is 4.05. The smallest absolute Gasteiger partial charge is 0.224 e. The first-order valence-electron chi connectivity index (χ1n) is 6.73. The maximum atomic E-state index is 12.0. The molecule has 0 bridgehead atoms. The summed E-state index contributed by atoms with van der Waals surface area (Å²) in [6, 6.07) is 0. The molecular weight excluding hydrogens is 216 g/mol. The van der Waals surface area contributed by atoms with Gasteiger partial charge >= 0.3 is 0 Å². The highest BCUT2D eigenvalue weighted by atomic mass is 16.5. The van der Waals surface area contributed by atoms with Gasteiger partial charge in [0.15, 0.2) is 0 Å². The molecule has 0 aromatic carbocycles. The van der Waals surface area contributed by atoms with Crippen LogP contribution in [0.15, 0.2) is 0 Å². The van der Waals surface area contributed by atoms with Gasteiger partial charge in [0.25, 0.3) is 0 Å². The highest BCUT2D eigenvalue weighted by Crippen LogP contribution is 2.32. The molecule has 1 amide bonds. The number of likely N-dealkylation sites (N-methyl/N-ethyl adjacent to an activating group) is 1. The number of rotatable bonds is 4. The van der Waals surface area contributed by atoms with E-state index in [0.29, 0.717) is 6.42 Å². The second-order valence-electron chi connectivity index (χ2n) is 5.66. The second kappa shape index (κ2) is 5.36. The number of hydrogen-bond donors (Lipinski definition) is 1. The van der Waals surface area contributed by atoms with Crippen LogP contribution in [-0.2, 0) is 9.53 Å². The maximum absolute atomic E-state index is 12.0. The maximum Gasteiger partial charge on any atom is 0.224 e. The number of nitrogens with two attached hydrogens (primary N) is 1. The third-order valence-corrected chi connectivity index (χ3v) is 4.03. The van der Waals surface area contributed by atoms with Crippen molar-refractivity contribution in [3.05, 3.63) is 0 Å². The first-order chi connectivity index (χ1) is 8.09. The van der Waals surface area contributed by atoms with E-state index < -0.39 is 0 Å². The summed E-state index contributed by atoms with van der Waals surface area (Å²) >= 11 is 0. The molecule has 1 aliphatic carbocycles. The number of carbonyl (C=O) groups is 1. The fourth-order valence-corrected chi connectivity index (χ4v) is 2.60. The SMILES string of the molecule is CN(CC1CCCCO1)C(=O)CC1(N)CCC1. The molecule has 4 heteroatoms. The van der Waals surface area contributed by atoms with Gasteiger partial charge in [-0.05, 0) is 38.5 Å². The van der Waals surface area contributed by atoms with Crippen LogP contribution < -0.4 is 5.73 Å². The van der Waals surface area contributed by atoms with Gasteiger partial charge in [-0.25, -0.2) is 0 Å². The molecule has 0 aromatic rings. The van der Waals surface area contributed by atoms with Gasteiger partial charge < -0.3 is 15.4 Å². The minimum absolute atomic E-state index is 0.168. The van der Waals surface area contributed by atoms with Crippen LogP contribution in [0.3, 0.4) is 0 Å². The Morgan fingerprint density at radius 2 is 2.18 bits per heavy atom. The molecule has 1 saturated heterocycles. The summed E-state index contributed by atoms with van der Waals surface area (Å²) in [7, 11) is 1.86. The van der Waals surface area contributed by atoms with Gasteiger partial charge in [0, 0.05) is 32.2 Å². The molecule has 1 unspecified atom stereocenters. The average molecular weight is 240 g/mol. The zero-order valence-corrected chi connectivity index (χ0v) is 10.8. The molecule has 2 rings (SSSR count). The molecule has 2 N–H and O–H groups in total. The van der Waals surface area contributed by atoms with E-state index in [0.717, 1.165) is 38.8 Å². The number of ether oxygens (including phenoxy) is 1. The highest BCUT2D eigenvalue weighted by Gasteiger charge is 2.35. The van der Waals surface area contributed by atoms with Crippen LogP contribution in [-0.4, -0.2) is 42.6 Å². The van der Waals surface area contributed by atoms with Crippen molar-refractivity contribution in [2.45, 2.75) is 56.6 Å². The third-order valence-electron chi connectivity index (χ3n) is 4.03. The molecule has 1 saturated carbocycles. The molecule has 0 spiro atoms. The Labute approximate surface area is 103 Å². The highest BCUT2D eigenvalue weighted by molar-refractivity contribution is 5.77. The first-order valence-corrected chi connectivity index (χ1v) is 6.73. The first kappa shape index (κ1) is 12.8. The lowest BCUT2D eigenvalue weighted by atomic mass is 9.75. The van der Waals surface area contributed by atoms with E-state index in [4.69, 9.17) is 10.5 Å². The van der Waals surface area contributed by atoms with Gasteiger partial charge in [0.1, 0.15) is 0 Å². The Balaban J connectivity index is 1.74. The standard InChI is InChI=1S/C13H24N2O2/c1-15(10-11-5-2-3-8-17-11)12(16)9-13(14)6-4-7-13/h11H,2-10,14H2,1H3. The van der Waals surface area contributed by atoms with Crippen LogP contribution in [0.1, 0.15) is 44.9 Å². The van der Waals surface area contributed by atoms with Crippen LogP contribution in [0.4, 0.5) is 0 Å². The summed E-state index contributed by atoms with van der Waals surface area (Å²) in [5.41, 5.74) is 5.89. The van der Waals surface area contributed by atoms with Crippen LogP contribution >= 0.6 is 0 Å². The summed E-state index contributed by atoms with van der Waals surface area (Å²) in [4.78, 5) is 13.8. The second-order valence-corrected chi connectivity index (χ2v) is 5.66. The number of amides is 1. The van der Waals surface area contributed by atoms with Crippen molar-refractivity contribution in [1.29, 1.82) is 0 Å². The Hall–Kier alpha value is -0.610. The Morgan fingerprint density at radius 1 is 1.41 bits per heavy atom. The van der Waals surface area contributed by atoms with Crippen LogP contribution in [0.5, 0.6) is 0 Å². The van der Waals surface area contributed by atoms with E-state index in [1.54, 1.807) is 4.90 Å². The third kappa shape index (κ3) is 3.42. The van der Waals surface area contributed by atoms with E-state index in [1.807, 2.05) is 7.05 Å². The van der Waals surface area contributed by atoms with E-state index in [1.165, 1.54) is 12.8 Å². The predicted molar refractivity (Wildman–Crippen MR) is 66.6 cm³/mol. The van der Waals surface area contributed by atoms with Gasteiger partial charge in [0.05, 0.1) is 6.10 Å². The molecule has 0 radical (unpaired) electrons. The van der Waals surface area contributed by atoms with E-state index in [9.17, 15) is 4.79 Å². The molecular formula is C13H24N2O2. The normalized spacial score (nSPS) is 27.3. The fraction of sp³-hybridized carbons (Fsp3) is 0.923. The molecule has 17 heavy (non-hydrogen) atoms. The molecule has 1 aliphatic heterocycles. The topological polar surface area (TPSA) is 55.6 Å². The fourth-order valence-electron chi connectivity index (χ4n) is 2.60. The van der Waals surface area contributed by atoms with Crippen molar-refractivity contribution in [1.82, 2.24) is 4.90 Å². The monoisotopic (exact) mass is 240 g/mol. The summed E-state index contributed by atoms with van der Waals surface area (Å²) < 4.78 is 5.64.